The first-order chi connectivity index (χ1) is 70.7. The SMILES string of the molecule is Fc1ccc(-c2nc(-c3ccc(F)cc3)nc(-c3cccc(-c4ccc(-c5nc(-c6ccccc6)nc(-c6ccccc6)n5)cc4)c3)n2)cc1.Fc1ccc(-c2nc(-c3ccc(F)cc3)nc(-c3cccc(-c4cccc(-c5nc(-c6ccccc6)nc(-c6ccccc6)n5)c4)c3)n2)cc1.Fc1ccc(-c2nc(-c3ccc(F)cc3)nc(-c3cccc(-c4nc(-c5ccccc5)nc(-c5ccccc5)n4)c3)n2)cc1. The molecule has 23 rings (SSSR count). The maximum absolute atomic E-state index is 13.8. The van der Waals surface area contributed by atoms with Gasteiger partial charge in [0.15, 0.2) is 105 Å². The molecule has 0 aliphatic heterocycles. The highest BCUT2D eigenvalue weighted by Crippen LogP contribution is 2.38. The first kappa shape index (κ1) is 90.8. The number of benzene rings is 17. The molecule has 18 nitrogen and oxygen atoms in total. The van der Waals surface area contributed by atoms with Crippen LogP contribution in [0.5, 0.6) is 0 Å². The van der Waals surface area contributed by atoms with Gasteiger partial charge in [0.2, 0.25) is 0 Å². The molecule has 0 radical (unpaired) electrons. The maximum atomic E-state index is 13.8. The maximum Gasteiger partial charge on any atom is 0.164 e. The molecule has 23 aromatic rings. The minimum atomic E-state index is -0.364. The van der Waals surface area contributed by atoms with Crippen LogP contribution in [-0.2, 0) is 0 Å². The van der Waals surface area contributed by atoms with Crippen molar-refractivity contribution < 1.29 is 26.3 Å². The summed E-state index contributed by atoms with van der Waals surface area (Å²) in [5.74, 6) is 6.42. The number of hydrogen-bond acceptors (Lipinski definition) is 18. The summed E-state index contributed by atoms with van der Waals surface area (Å²) in [5, 5.41) is 0. The van der Waals surface area contributed by atoms with Gasteiger partial charge in [0.25, 0.3) is 0 Å². The quantitative estimate of drug-likeness (QED) is 0.0645. The van der Waals surface area contributed by atoms with Gasteiger partial charge in [-0.2, -0.15) is 0 Å². The molecule has 0 aliphatic rings. The summed E-state index contributed by atoms with van der Waals surface area (Å²) < 4.78 is 82.4. The van der Waals surface area contributed by atoms with Crippen molar-refractivity contribution in [2.24, 2.45) is 0 Å². The van der Waals surface area contributed by atoms with Gasteiger partial charge in [-0.15, -0.1) is 0 Å². The predicted molar refractivity (Wildman–Crippen MR) is 548 cm³/mol. The Balaban J connectivity index is 0.000000128. The van der Waals surface area contributed by atoms with E-state index in [4.69, 9.17) is 74.8 Å². The second kappa shape index (κ2) is 41.8. The fourth-order valence-electron chi connectivity index (χ4n) is 15.8. The lowest BCUT2D eigenvalue weighted by molar-refractivity contribution is 0.627. The Bertz CT molecular complexity index is 8140. The van der Waals surface area contributed by atoms with Crippen molar-refractivity contribution in [3.05, 3.63) is 484 Å². The van der Waals surface area contributed by atoms with E-state index in [1.165, 1.54) is 72.8 Å². The molecule has 0 unspecified atom stereocenters. The first-order valence-electron chi connectivity index (χ1n) is 45.7. The van der Waals surface area contributed by atoms with Crippen LogP contribution in [0.2, 0.25) is 0 Å². The summed E-state index contributed by atoms with van der Waals surface area (Å²) in [6.07, 6.45) is 0. The van der Waals surface area contributed by atoms with Crippen molar-refractivity contribution in [3.63, 3.8) is 0 Å². The Morgan fingerprint density at radius 2 is 0.181 bits per heavy atom. The van der Waals surface area contributed by atoms with E-state index in [0.717, 1.165) is 83.5 Å². The van der Waals surface area contributed by atoms with E-state index in [1.807, 2.05) is 297 Å². The molecule has 0 saturated carbocycles. The summed E-state index contributed by atoms with van der Waals surface area (Å²) in [7, 11) is 0. The number of nitrogens with zero attached hydrogens (tertiary/aromatic N) is 18. The summed E-state index contributed by atoms with van der Waals surface area (Å²) >= 11 is 0. The first-order valence-corrected chi connectivity index (χ1v) is 45.7. The summed E-state index contributed by atoms with van der Waals surface area (Å²) in [6.45, 7) is 0. The van der Waals surface area contributed by atoms with Gasteiger partial charge >= 0.3 is 0 Å². The summed E-state index contributed by atoms with van der Waals surface area (Å²) in [5.41, 5.74) is 17.5. The lowest BCUT2D eigenvalue weighted by Crippen LogP contribution is -2.02. The molecule has 686 valence electrons. The van der Waals surface area contributed by atoms with Crippen LogP contribution >= 0.6 is 0 Å². The Labute approximate surface area is 822 Å². The zero-order valence-corrected chi connectivity index (χ0v) is 76.0. The molecule has 0 saturated heterocycles. The predicted octanol–water partition coefficient (Wildman–Crippen LogP) is 28.3. The fourth-order valence-corrected chi connectivity index (χ4v) is 15.8. The Morgan fingerprint density at radius 1 is 0.0833 bits per heavy atom. The van der Waals surface area contributed by atoms with Gasteiger partial charge in [0, 0.05) is 100 Å². The topological polar surface area (TPSA) is 232 Å². The van der Waals surface area contributed by atoms with Crippen LogP contribution in [0.4, 0.5) is 26.3 Å². The Kier molecular flexibility index (Phi) is 26.3. The molecule has 0 atom stereocenters. The van der Waals surface area contributed by atoms with Crippen LogP contribution in [0.1, 0.15) is 0 Å². The van der Waals surface area contributed by atoms with Crippen LogP contribution in [0, 0.1) is 34.9 Å². The van der Waals surface area contributed by atoms with E-state index in [9.17, 15) is 26.3 Å². The third kappa shape index (κ3) is 21.4. The lowest BCUT2D eigenvalue weighted by Gasteiger charge is -2.11. The van der Waals surface area contributed by atoms with Crippen molar-refractivity contribution in [1.82, 2.24) is 89.7 Å². The van der Waals surface area contributed by atoms with Crippen LogP contribution in [0.25, 0.3) is 227 Å². The highest BCUT2D eigenvalue weighted by Gasteiger charge is 2.23. The normalized spacial score (nSPS) is 11.0. The molecule has 24 heteroatoms. The molecule has 144 heavy (non-hydrogen) atoms. The van der Waals surface area contributed by atoms with E-state index >= 15 is 0 Å². The number of hydrogen-bond donors (Lipinski definition) is 0. The summed E-state index contributed by atoms with van der Waals surface area (Å²) in [6, 6.07) is 134. The molecule has 17 aromatic carbocycles. The molecule has 0 N–H and O–H groups in total. The average Bonchev–Trinajstić information content (AvgIpc) is 0.762. The summed E-state index contributed by atoms with van der Waals surface area (Å²) in [4.78, 5) is 86.0. The van der Waals surface area contributed by atoms with Gasteiger partial charge in [-0.1, -0.05) is 279 Å². The molecule has 0 fully saturated rings. The second-order valence-electron chi connectivity index (χ2n) is 33.0. The van der Waals surface area contributed by atoms with E-state index < -0.39 is 0 Å². The van der Waals surface area contributed by atoms with E-state index in [2.05, 4.69) is 21.0 Å². The number of aromatic nitrogens is 18. The van der Waals surface area contributed by atoms with Crippen molar-refractivity contribution >= 4 is 0 Å². The minimum Gasteiger partial charge on any atom is -0.208 e. The van der Waals surface area contributed by atoms with Gasteiger partial charge in [0.05, 0.1) is 0 Å². The van der Waals surface area contributed by atoms with Crippen LogP contribution in [-0.4, -0.2) is 89.7 Å². The zero-order valence-electron chi connectivity index (χ0n) is 76.0. The fraction of sp³-hybridized carbons (Fsp3) is 0. The van der Waals surface area contributed by atoms with E-state index in [1.54, 1.807) is 72.8 Å². The van der Waals surface area contributed by atoms with Crippen molar-refractivity contribution in [1.29, 1.82) is 0 Å². The van der Waals surface area contributed by atoms with Gasteiger partial charge in [-0.25, -0.2) is 116 Å². The van der Waals surface area contributed by atoms with Gasteiger partial charge in [-0.3, -0.25) is 0 Å². The van der Waals surface area contributed by atoms with Gasteiger partial charge < -0.3 is 0 Å². The molecule has 0 spiro atoms. The van der Waals surface area contributed by atoms with Gasteiger partial charge in [-0.05, 0) is 192 Å². The van der Waals surface area contributed by atoms with Crippen molar-refractivity contribution in [2.45, 2.75) is 0 Å². The highest BCUT2D eigenvalue weighted by atomic mass is 19.1. The molecule has 6 heterocycles. The monoisotopic (exact) mass is 1880 g/mol. The Hall–Kier alpha value is -19.6. The molecule has 0 bridgehead atoms. The Morgan fingerprint density at radius 3 is 0.333 bits per heavy atom. The smallest absolute Gasteiger partial charge is 0.164 e. The highest BCUT2D eigenvalue weighted by molar-refractivity contribution is 5.81. The van der Waals surface area contributed by atoms with Crippen molar-refractivity contribution in [3.8, 4) is 227 Å². The second-order valence-corrected chi connectivity index (χ2v) is 33.0. The molecule has 0 amide bonds. The van der Waals surface area contributed by atoms with E-state index in [-0.39, 0.29) is 34.9 Å². The van der Waals surface area contributed by atoms with Crippen molar-refractivity contribution in [2.75, 3.05) is 0 Å². The number of rotatable bonds is 20. The molecular formula is C120H74F6N18. The third-order valence-corrected chi connectivity index (χ3v) is 23.2. The van der Waals surface area contributed by atoms with E-state index in [0.29, 0.717) is 144 Å². The standard InChI is InChI=1S/2C42H26F2N6.C36H22F2N6/c43-35-21-17-29(18-22-35)39-46-40(30-19-23-36(44)24-20-30)50-42(49-39)34-16-8-14-32(26-34)31-13-7-15-33(25-31)41-47-37(27-9-3-1-4-10-27)45-38(48-41)28-11-5-2-6-12-28;43-35-22-18-31(19-23-35)40-48-41(32-20-24-36(44)25-21-32)50-42(49-40)34-13-7-12-33(26-34)27-14-16-30(17-15-27)39-46-37(28-8-3-1-4-9-28)45-38(47-39)29-10-5-2-6-11-29;37-29-18-14-25(15-19-29)33-40-34(26-16-20-30(38)21-17-26)44-36(43-33)28-13-7-12-27(22-28)35-41-31(23-8-3-1-4-9-23)39-32(42-35)24-10-5-2-6-11-24/h2*1-26H;1-22H. The molecule has 6 aromatic heterocycles. The lowest BCUT2D eigenvalue weighted by atomic mass is 10.0. The van der Waals surface area contributed by atoms with Crippen LogP contribution < -0.4 is 0 Å². The molecule has 0 aliphatic carbocycles. The molecular weight excluding hydrogens is 1810 g/mol. The third-order valence-electron chi connectivity index (χ3n) is 23.2. The number of halogens is 6. The average molecular weight is 1880 g/mol. The zero-order chi connectivity index (χ0) is 97.6. The van der Waals surface area contributed by atoms with Crippen LogP contribution in [0.15, 0.2) is 449 Å². The van der Waals surface area contributed by atoms with Gasteiger partial charge in [0.1, 0.15) is 34.9 Å². The minimum absolute atomic E-state index is 0.357. The largest absolute Gasteiger partial charge is 0.208 e. The van der Waals surface area contributed by atoms with Crippen LogP contribution in [0.3, 0.4) is 0 Å².